The summed E-state index contributed by atoms with van der Waals surface area (Å²) in [6, 6.07) is 7.25. The first-order chi connectivity index (χ1) is 13.0. The molecular weight excluding hydrogens is 370 g/mol. The molecule has 0 spiro atoms. The summed E-state index contributed by atoms with van der Waals surface area (Å²) in [5, 5.41) is 0. The fourth-order valence-electron chi connectivity index (χ4n) is 6.86. The first-order valence-electron chi connectivity index (χ1n) is 11.0. The monoisotopic (exact) mass is 403 g/mol. The van der Waals surface area contributed by atoms with E-state index >= 15 is 0 Å². The van der Waals surface area contributed by atoms with Crippen molar-refractivity contribution in [1.29, 1.82) is 0 Å². The molecular formula is C24H34ClNO2. The van der Waals surface area contributed by atoms with Gasteiger partial charge in [0.2, 0.25) is 0 Å². The predicted octanol–water partition coefficient (Wildman–Crippen LogP) is 4.65. The first kappa shape index (κ1) is 20.2. The van der Waals surface area contributed by atoms with Crippen LogP contribution in [-0.4, -0.2) is 36.9 Å². The van der Waals surface area contributed by atoms with Crippen molar-refractivity contribution in [2.24, 2.45) is 23.7 Å². The van der Waals surface area contributed by atoms with Crippen LogP contribution in [0.25, 0.3) is 0 Å². The van der Waals surface area contributed by atoms with Crippen LogP contribution in [0.2, 0.25) is 0 Å². The molecule has 1 heterocycles. The average molecular weight is 404 g/mol. The molecule has 2 bridgehead atoms. The van der Waals surface area contributed by atoms with Crippen LogP contribution < -0.4 is 4.74 Å². The number of fused-ring (bicyclic) bond motifs is 1. The molecule has 4 heteroatoms. The molecule has 3 aliphatic carbocycles. The third kappa shape index (κ3) is 2.84. The number of piperidine rings is 1. The Bertz CT molecular complexity index is 761. The van der Waals surface area contributed by atoms with E-state index in [9.17, 15) is 4.79 Å². The van der Waals surface area contributed by atoms with E-state index in [1.807, 2.05) is 0 Å². The first-order valence-corrected chi connectivity index (χ1v) is 11.0. The molecule has 1 aliphatic heterocycles. The third-order valence-electron chi connectivity index (χ3n) is 8.72. The zero-order valence-electron chi connectivity index (χ0n) is 17.4. The maximum absolute atomic E-state index is 13.0. The third-order valence-corrected chi connectivity index (χ3v) is 8.72. The van der Waals surface area contributed by atoms with Gasteiger partial charge in [0, 0.05) is 30.3 Å². The molecule has 3 fully saturated rings. The van der Waals surface area contributed by atoms with Gasteiger partial charge in [0.25, 0.3) is 0 Å². The highest BCUT2D eigenvalue weighted by Crippen LogP contribution is 2.58. The highest BCUT2D eigenvalue weighted by molar-refractivity contribution is 5.85. The largest absolute Gasteiger partial charge is 0.497 e. The number of ketones is 1. The maximum atomic E-state index is 13.0. The van der Waals surface area contributed by atoms with Crippen LogP contribution in [0, 0.1) is 23.7 Å². The van der Waals surface area contributed by atoms with E-state index in [4.69, 9.17) is 4.74 Å². The number of Topliss-reactive ketones (excluding diaryl/α,β-unsaturated/α-hetero) is 1. The fourth-order valence-corrected chi connectivity index (χ4v) is 6.86. The average Bonchev–Trinajstić information content (AvgIpc) is 2.63. The summed E-state index contributed by atoms with van der Waals surface area (Å²) >= 11 is 0. The van der Waals surface area contributed by atoms with Gasteiger partial charge in [-0.3, -0.25) is 9.69 Å². The minimum Gasteiger partial charge on any atom is -0.497 e. The minimum atomic E-state index is 0. The number of nitrogens with zero attached hydrogens (tertiary/aromatic N) is 1. The van der Waals surface area contributed by atoms with Gasteiger partial charge in [-0.05, 0) is 73.2 Å². The molecule has 5 atom stereocenters. The Morgan fingerprint density at radius 2 is 2.04 bits per heavy atom. The van der Waals surface area contributed by atoms with Gasteiger partial charge in [-0.2, -0.15) is 0 Å². The van der Waals surface area contributed by atoms with Gasteiger partial charge < -0.3 is 4.74 Å². The topological polar surface area (TPSA) is 29.5 Å². The molecule has 1 aromatic rings. The molecule has 1 saturated heterocycles. The number of benzene rings is 1. The molecule has 0 unspecified atom stereocenters. The number of methoxy groups -OCH3 is 1. The van der Waals surface area contributed by atoms with Crippen molar-refractivity contribution in [2.75, 3.05) is 20.2 Å². The van der Waals surface area contributed by atoms with Crippen molar-refractivity contribution in [3.63, 3.8) is 0 Å². The lowest BCUT2D eigenvalue weighted by Crippen LogP contribution is -2.65. The van der Waals surface area contributed by atoms with Gasteiger partial charge in [-0.15, -0.1) is 12.4 Å². The second kappa shape index (κ2) is 7.32. The molecule has 28 heavy (non-hydrogen) atoms. The number of ether oxygens (including phenoxy) is 1. The second-order valence-corrected chi connectivity index (χ2v) is 9.81. The van der Waals surface area contributed by atoms with E-state index in [1.165, 1.54) is 36.9 Å². The molecule has 4 aliphatic rings. The van der Waals surface area contributed by atoms with Gasteiger partial charge in [-0.25, -0.2) is 0 Å². The second-order valence-electron chi connectivity index (χ2n) is 9.81. The molecule has 5 rings (SSSR count). The number of hydrogen-bond donors (Lipinski definition) is 0. The lowest BCUT2D eigenvalue weighted by atomic mass is 9.47. The minimum absolute atomic E-state index is 0. The van der Waals surface area contributed by atoms with Gasteiger partial charge in [-0.1, -0.05) is 26.3 Å². The van der Waals surface area contributed by atoms with Crippen LogP contribution >= 0.6 is 12.4 Å². The zero-order chi connectivity index (χ0) is 18.8. The highest BCUT2D eigenvalue weighted by Gasteiger charge is 2.59. The maximum Gasteiger partial charge on any atom is 0.136 e. The Kier molecular flexibility index (Phi) is 5.29. The number of likely N-dealkylation sites (tertiary alicyclic amines) is 1. The van der Waals surface area contributed by atoms with Crippen molar-refractivity contribution in [3.05, 3.63) is 29.3 Å². The molecule has 3 nitrogen and oxygen atoms in total. The number of hydrogen-bond acceptors (Lipinski definition) is 3. The summed E-state index contributed by atoms with van der Waals surface area (Å²) < 4.78 is 5.57. The molecule has 0 aromatic heterocycles. The fraction of sp³-hybridized carbons (Fsp3) is 0.708. The summed E-state index contributed by atoms with van der Waals surface area (Å²) in [7, 11) is 1.75. The highest BCUT2D eigenvalue weighted by atomic mass is 35.5. The van der Waals surface area contributed by atoms with Crippen LogP contribution in [-0.2, 0) is 16.6 Å². The van der Waals surface area contributed by atoms with E-state index in [0.29, 0.717) is 23.7 Å². The van der Waals surface area contributed by atoms with Gasteiger partial charge >= 0.3 is 0 Å². The van der Waals surface area contributed by atoms with Crippen LogP contribution in [0.3, 0.4) is 0 Å². The zero-order valence-corrected chi connectivity index (χ0v) is 18.3. The molecule has 0 N–H and O–H groups in total. The van der Waals surface area contributed by atoms with Crippen LogP contribution in [0.1, 0.15) is 57.1 Å². The van der Waals surface area contributed by atoms with Crippen LogP contribution in [0.4, 0.5) is 0 Å². The Morgan fingerprint density at radius 1 is 1.25 bits per heavy atom. The summed E-state index contributed by atoms with van der Waals surface area (Å²) in [6.07, 6.45) is 7.25. The Labute approximate surface area is 175 Å². The smallest absolute Gasteiger partial charge is 0.136 e. The Morgan fingerprint density at radius 3 is 2.71 bits per heavy atom. The van der Waals surface area contributed by atoms with Crippen LogP contribution in [0.15, 0.2) is 18.2 Å². The summed E-state index contributed by atoms with van der Waals surface area (Å²) in [6.45, 7) is 6.96. The molecule has 1 aromatic carbocycles. The van der Waals surface area contributed by atoms with E-state index in [0.717, 1.165) is 37.5 Å². The van der Waals surface area contributed by atoms with Gasteiger partial charge in [0.05, 0.1) is 7.11 Å². The Hall–Kier alpha value is -1.06. The Balaban J connectivity index is 0.00000192. The molecule has 154 valence electrons. The van der Waals surface area contributed by atoms with Crippen molar-refractivity contribution < 1.29 is 9.53 Å². The number of carbonyl (C=O) groups is 1. The predicted molar refractivity (Wildman–Crippen MR) is 114 cm³/mol. The number of halogens is 1. The van der Waals surface area contributed by atoms with Crippen molar-refractivity contribution >= 4 is 18.2 Å². The van der Waals surface area contributed by atoms with Gasteiger partial charge in [0.15, 0.2) is 0 Å². The lowest BCUT2D eigenvalue weighted by Gasteiger charge is -2.62. The van der Waals surface area contributed by atoms with Gasteiger partial charge in [0.1, 0.15) is 11.5 Å². The van der Waals surface area contributed by atoms with Crippen molar-refractivity contribution in [2.45, 2.75) is 63.8 Å². The van der Waals surface area contributed by atoms with E-state index < -0.39 is 0 Å². The van der Waals surface area contributed by atoms with E-state index in [1.54, 1.807) is 7.11 Å². The summed E-state index contributed by atoms with van der Waals surface area (Å²) in [5.74, 6) is 3.57. The quantitative estimate of drug-likeness (QED) is 0.735. The normalized spacial score (nSPS) is 37.3. The van der Waals surface area contributed by atoms with Crippen molar-refractivity contribution in [3.8, 4) is 5.75 Å². The van der Waals surface area contributed by atoms with E-state index in [2.05, 4.69) is 36.9 Å². The van der Waals surface area contributed by atoms with Crippen LogP contribution in [0.5, 0.6) is 5.75 Å². The van der Waals surface area contributed by atoms with E-state index in [-0.39, 0.29) is 23.7 Å². The summed E-state index contributed by atoms with van der Waals surface area (Å²) in [5.41, 5.74) is 2.93. The standard InChI is InChI=1S/C24H33NO2.ClH/c1-15-16(2)23-21-11-18-7-8-19(27-3)12-20(18)24(23,13-22(15)26)9-10-25(21)14-17-5-4-6-17;/h7-8,12,15-17,21,23H,4-6,9-11,13-14H2,1-3H3;1H/t15-,16-,21+,23-,24+;/m0./s1. The molecule has 0 amide bonds. The SMILES string of the molecule is COc1ccc2c(c1)[C@]13CCN(CC4CCC4)[C@H](C2)[C@@H]1[C@@H](C)[C@H](C)C(=O)C3.Cl. The lowest BCUT2D eigenvalue weighted by molar-refractivity contribution is -0.138. The number of rotatable bonds is 3. The van der Waals surface area contributed by atoms with Crippen molar-refractivity contribution in [1.82, 2.24) is 4.90 Å². The molecule has 2 saturated carbocycles. The molecule has 0 radical (unpaired) electrons. The number of carbonyl (C=O) groups excluding carboxylic acids is 1. The summed E-state index contributed by atoms with van der Waals surface area (Å²) in [4.78, 5) is 15.8.